The number of fused-ring (bicyclic) bond motifs is 4. The van der Waals surface area contributed by atoms with E-state index in [9.17, 15) is 4.79 Å². The maximum Gasteiger partial charge on any atom is 0.286 e. The number of nitrogens with one attached hydrogen (secondary N) is 1. The van der Waals surface area contributed by atoms with Crippen LogP contribution in [0, 0.1) is 11.8 Å². The molecule has 6 nitrogen and oxygen atoms in total. The van der Waals surface area contributed by atoms with Crippen molar-refractivity contribution in [3.05, 3.63) is 62.7 Å². The minimum atomic E-state index is -0.835. The van der Waals surface area contributed by atoms with Crippen LogP contribution in [0.5, 0.6) is 5.75 Å². The average molecular weight is 532 g/mol. The number of hydrogen-bond acceptors (Lipinski definition) is 4. The van der Waals surface area contributed by atoms with Crippen LogP contribution in [-0.2, 0) is 5.60 Å². The van der Waals surface area contributed by atoms with E-state index in [0.717, 1.165) is 24.3 Å². The molecule has 0 bridgehead atoms. The molecule has 9 heteroatoms. The molecule has 3 aromatic rings. The Hall–Kier alpha value is -2.25. The SMILES string of the molecule is CC1(C)Oc2cc(Cl)ccc2-c2c1c(C(=O)NN1CC3CCCC3C1)nn2-c1ccc(Cl)cc1Cl. The number of aromatic nitrogens is 2. The predicted molar refractivity (Wildman–Crippen MR) is 138 cm³/mol. The lowest BCUT2D eigenvalue weighted by molar-refractivity contribution is 0.0779. The van der Waals surface area contributed by atoms with Gasteiger partial charge in [0, 0.05) is 28.7 Å². The third kappa shape index (κ3) is 3.91. The molecule has 3 heterocycles. The lowest BCUT2D eigenvalue weighted by Gasteiger charge is -2.33. The lowest BCUT2D eigenvalue weighted by Crippen LogP contribution is -2.42. The Balaban J connectivity index is 1.49. The zero-order chi connectivity index (χ0) is 24.5. The molecule has 2 fully saturated rings. The van der Waals surface area contributed by atoms with E-state index in [0.29, 0.717) is 49.6 Å². The monoisotopic (exact) mass is 530 g/mol. The van der Waals surface area contributed by atoms with Crippen LogP contribution in [0.25, 0.3) is 16.9 Å². The molecule has 35 heavy (non-hydrogen) atoms. The first-order chi connectivity index (χ1) is 16.7. The number of amides is 1. The van der Waals surface area contributed by atoms with Crippen LogP contribution in [0.3, 0.4) is 0 Å². The van der Waals surface area contributed by atoms with Gasteiger partial charge in [-0.2, -0.15) is 5.10 Å². The summed E-state index contributed by atoms with van der Waals surface area (Å²) in [5, 5.41) is 8.38. The summed E-state index contributed by atoms with van der Waals surface area (Å²) in [4.78, 5) is 13.7. The molecule has 1 saturated heterocycles. The van der Waals surface area contributed by atoms with Crippen LogP contribution in [0.1, 0.15) is 49.2 Å². The molecule has 2 aromatic carbocycles. The van der Waals surface area contributed by atoms with Crippen LogP contribution in [0.2, 0.25) is 15.1 Å². The molecule has 0 spiro atoms. The Morgan fingerprint density at radius 1 is 1.06 bits per heavy atom. The molecule has 2 atom stereocenters. The van der Waals surface area contributed by atoms with Gasteiger partial charge in [0.05, 0.1) is 22.0 Å². The van der Waals surface area contributed by atoms with Crippen LogP contribution >= 0.6 is 34.8 Å². The van der Waals surface area contributed by atoms with E-state index in [1.165, 1.54) is 19.3 Å². The van der Waals surface area contributed by atoms with Gasteiger partial charge in [0.2, 0.25) is 0 Å². The largest absolute Gasteiger partial charge is 0.482 e. The van der Waals surface area contributed by atoms with Crippen molar-refractivity contribution in [3.8, 4) is 22.7 Å². The molecule has 2 aliphatic heterocycles. The van der Waals surface area contributed by atoms with Crippen LogP contribution in [0.4, 0.5) is 0 Å². The number of halogens is 3. The van der Waals surface area contributed by atoms with E-state index in [4.69, 9.17) is 44.6 Å². The second-order valence-corrected chi connectivity index (χ2v) is 11.4. The molecular weight excluding hydrogens is 507 g/mol. The summed E-state index contributed by atoms with van der Waals surface area (Å²) in [5.41, 5.74) is 5.47. The fourth-order valence-corrected chi connectivity index (χ4v) is 6.50. The van der Waals surface area contributed by atoms with Crippen molar-refractivity contribution in [1.82, 2.24) is 20.2 Å². The van der Waals surface area contributed by atoms with Crippen molar-refractivity contribution in [2.75, 3.05) is 13.1 Å². The van der Waals surface area contributed by atoms with Gasteiger partial charge in [0.25, 0.3) is 5.91 Å². The fraction of sp³-hybridized carbons (Fsp3) is 0.385. The summed E-state index contributed by atoms with van der Waals surface area (Å²) in [6, 6.07) is 10.7. The molecular formula is C26H25Cl3N4O2. The molecule has 1 saturated carbocycles. The quantitative estimate of drug-likeness (QED) is 0.419. The van der Waals surface area contributed by atoms with Gasteiger partial charge in [-0.05, 0) is 74.9 Å². The predicted octanol–water partition coefficient (Wildman–Crippen LogP) is 6.50. The molecule has 1 amide bonds. The summed E-state index contributed by atoms with van der Waals surface area (Å²) < 4.78 is 8.08. The molecule has 2 unspecified atom stereocenters. The van der Waals surface area contributed by atoms with Gasteiger partial charge in [-0.15, -0.1) is 0 Å². The first kappa shape index (κ1) is 23.2. The highest BCUT2D eigenvalue weighted by Crippen LogP contribution is 2.48. The van der Waals surface area contributed by atoms with E-state index in [-0.39, 0.29) is 5.91 Å². The smallest absolute Gasteiger partial charge is 0.286 e. The normalized spacial score (nSPS) is 22.3. The Labute approximate surface area is 219 Å². The number of hydrazine groups is 1. The fourth-order valence-electron chi connectivity index (χ4n) is 5.85. The minimum absolute atomic E-state index is 0.251. The van der Waals surface area contributed by atoms with Crippen molar-refractivity contribution >= 4 is 40.7 Å². The van der Waals surface area contributed by atoms with Crippen molar-refractivity contribution in [2.45, 2.75) is 38.7 Å². The molecule has 1 aromatic heterocycles. The van der Waals surface area contributed by atoms with E-state index in [1.54, 1.807) is 35.0 Å². The van der Waals surface area contributed by atoms with E-state index >= 15 is 0 Å². The summed E-state index contributed by atoms with van der Waals surface area (Å²) in [5.74, 6) is 1.69. The van der Waals surface area contributed by atoms with Crippen molar-refractivity contribution < 1.29 is 9.53 Å². The summed E-state index contributed by atoms with van der Waals surface area (Å²) >= 11 is 19.0. The summed E-state index contributed by atoms with van der Waals surface area (Å²) in [7, 11) is 0. The average Bonchev–Trinajstić information content (AvgIpc) is 3.47. The number of carbonyl (C=O) groups excluding carboxylic acids is 1. The van der Waals surface area contributed by atoms with Crippen LogP contribution in [-0.4, -0.2) is 33.8 Å². The van der Waals surface area contributed by atoms with Gasteiger partial charge in [-0.3, -0.25) is 10.2 Å². The maximum atomic E-state index is 13.7. The van der Waals surface area contributed by atoms with Crippen molar-refractivity contribution in [2.24, 2.45) is 11.8 Å². The Kier molecular flexibility index (Phi) is 5.57. The Morgan fingerprint density at radius 3 is 2.46 bits per heavy atom. The Morgan fingerprint density at radius 2 is 1.74 bits per heavy atom. The second kappa shape index (κ2) is 8.41. The zero-order valence-electron chi connectivity index (χ0n) is 19.4. The second-order valence-electron chi connectivity index (χ2n) is 10.1. The molecule has 6 rings (SSSR count). The van der Waals surface area contributed by atoms with Gasteiger partial charge in [-0.1, -0.05) is 41.2 Å². The van der Waals surface area contributed by atoms with E-state index < -0.39 is 5.60 Å². The molecule has 182 valence electrons. The van der Waals surface area contributed by atoms with Crippen molar-refractivity contribution in [1.29, 1.82) is 0 Å². The minimum Gasteiger partial charge on any atom is -0.482 e. The number of rotatable bonds is 3. The van der Waals surface area contributed by atoms with Crippen molar-refractivity contribution in [3.63, 3.8) is 0 Å². The van der Waals surface area contributed by atoms with Gasteiger partial charge >= 0.3 is 0 Å². The summed E-state index contributed by atoms with van der Waals surface area (Å²) in [6.07, 6.45) is 3.75. The van der Waals surface area contributed by atoms with Gasteiger partial charge in [0.1, 0.15) is 11.4 Å². The van der Waals surface area contributed by atoms with Gasteiger partial charge in [0.15, 0.2) is 5.69 Å². The molecule has 1 N–H and O–H groups in total. The highest BCUT2D eigenvalue weighted by Gasteiger charge is 2.43. The molecule has 0 radical (unpaired) electrons. The van der Waals surface area contributed by atoms with Crippen LogP contribution < -0.4 is 10.2 Å². The number of benzene rings is 2. The molecule has 1 aliphatic carbocycles. The van der Waals surface area contributed by atoms with E-state index in [1.807, 2.05) is 24.9 Å². The van der Waals surface area contributed by atoms with E-state index in [2.05, 4.69) is 5.43 Å². The molecule has 3 aliphatic rings. The van der Waals surface area contributed by atoms with Crippen LogP contribution in [0.15, 0.2) is 36.4 Å². The topological polar surface area (TPSA) is 59.4 Å². The summed E-state index contributed by atoms with van der Waals surface area (Å²) in [6.45, 7) is 5.62. The lowest BCUT2D eigenvalue weighted by atomic mass is 9.89. The number of hydrogen-bond donors (Lipinski definition) is 1. The highest BCUT2D eigenvalue weighted by molar-refractivity contribution is 6.35. The number of nitrogens with zero attached hydrogens (tertiary/aromatic N) is 3. The van der Waals surface area contributed by atoms with Gasteiger partial charge in [-0.25, -0.2) is 9.69 Å². The number of ether oxygens (including phenoxy) is 1. The standard InChI is InChI=1S/C26H25Cl3N4O2/c1-26(2)22-23(25(34)31-32-12-14-4-3-5-15(14)13-32)30-33(20-9-7-16(27)10-19(20)29)24(22)18-8-6-17(28)11-21(18)35-26/h6-11,14-15H,3-5,12-13H2,1-2H3,(H,31,34). The van der Waals surface area contributed by atoms with Gasteiger partial charge < -0.3 is 4.74 Å². The first-order valence-electron chi connectivity index (χ1n) is 11.8. The maximum absolute atomic E-state index is 13.7. The zero-order valence-corrected chi connectivity index (χ0v) is 21.7. The highest BCUT2D eigenvalue weighted by atomic mass is 35.5. The third-order valence-electron chi connectivity index (χ3n) is 7.39. The Bertz CT molecular complexity index is 1340. The number of carbonyl (C=O) groups is 1. The first-order valence-corrected chi connectivity index (χ1v) is 13.0. The third-order valence-corrected chi connectivity index (χ3v) is 8.16.